The molecule has 0 fully saturated rings. The molecule has 2 heteroatoms. The van der Waals surface area contributed by atoms with E-state index in [4.69, 9.17) is 5.73 Å². The van der Waals surface area contributed by atoms with Crippen LogP contribution in [0.25, 0.3) is 11.1 Å². The van der Waals surface area contributed by atoms with Gasteiger partial charge in [-0.25, -0.2) is 0 Å². The minimum atomic E-state index is -0.188. The molecule has 0 unspecified atom stereocenters. The molecule has 0 aliphatic carbocycles. The van der Waals surface area contributed by atoms with Crippen molar-refractivity contribution in [2.45, 2.75) is 19.4 Å². The molecule has 0 aliphatic heterocycles. The van der Waals surface area contributed by atoms with E-state index in [1.54, 1.807) is 0 Å². The second-order valence-corrected chi connectivity index (χ2v) is 5.76. The quantitative estimate of drug-likeness (QED) is 0.904. The van der Waals surface area contributed by atoms with Gasteiger partial charge in [-0.1, -0.05) is 42.5 Å². The maximum absolute atomic E-state index is 6.05. The van der Waals surface area contributed by atoms with E-state index in [2.05, 4.69) is 60.5 Å². The summed E-state index contributed by atoms with van der Waals surface area (Å²) in [4.78, 5) is 2.19. The highest BCUT2D eigenvalue weighted by Crippen LogP contribution is 2.22. The SMILES string of the molecule is CN(CC(C)(C)N)c1ccc(-c2ccccc2)cc1. The number of hydrogen-bond donors (Lipinski definition) is 1. The van der Waals surface area contributed by atoms with Crippen LogP contribution in [0.3, 0.4) is 0 Å². The van der Waals surface area contributed by atoms with E-state index in [1.807, 2.05) is 19.9 Å². The van der Waals surface area contributed by atoms with Gasteiger partial charge >= 0.3 is 0 Å². The minimum Gasteiger partial charge on any atom is -0.373 e. The average Bonchev–Trinajstić information content (AvgIpc) is 2.38. The molecule has 0 spiro atoms. The lowest BCUT2D eigenvalue weighted by atomic mass is 10.0. The van der Waals surface area contributed by atoms with Crippen molar-refractivity contribution in [2.24, 2.45) is 5.73 Å². The zero-order valence-corrected chi connectivity index (χ0v) is 11.9. The van der Waals surface area contributed by atoms with Gasteiger partial charge in [-0.15, -0.1) is 0 Å². The van der Waals surface area contributed by atoms with Crippen molar-refractivity contribution in [3.05, 3.63) is 54.6 Å². The topological polar surface area (TPSA) is 29.3 Å². The molecule has 0 heterocycles. The number of rotatable bonds is 4. The van der Waals surface area contributed by atoms with E-state index >= 15 is 0 Å². The molecule has 19 heavy (non-hydrogen) atoms. The van der Waals surface area contributed by atoms with Gasteiger partial charge in [-0.3, -0.25) is 0 Å². The summed E-state index contributed by atoms with van der Waals surface area (Å²) in [6.45, 7) is 4.92. The molecule has 0 atom stereocenters. The fraction of sp³-hybridized carbons (Fsp3) is 0.294. The Kier molecular flexibility index (Phi) is 3.91. The molecule has 0 aliphatic rings. The summed E-state index contributed by atoms with van der Waals surface area (Å²) < 4.78 is 0. The Balaban J connectivity index is 2.15. The van der Waals surface area contributed by atoms with Crippen molar-refractivity contribution in [1.29, 1.82) is 0 Å². The summed E-state index contributed by atoms with van der Waals surface area (Å²) in [5.41, 5.74) is 9.54. The van der Waals surface area contributed by atoms with Crippen molar-refractivity contribution < 1.29 is 0 Å². The first kappa shape index (κ1) is 13.6. The molecular formula is C17H22N2. The number of nitrogens with zero attached hydrogens (tertiary/aromatic N) is 1. The first-order chi connectivity index (χ1) is 8.96. The lowest BCUT2D eigenvalue weighted by molar-refractivity contribution is 0.519. The number of nitrogens with two attached hydrogens (primary N) is 1. The van der Waals surface area contributed by atoms with E-state index in [1.165, 1.54) is 16.8 Å². The first-order valence-corrected chi connectivity index (χ1v) is 6.61. The number of hydrogen-bond acceptors (Lipinski definition) is 2. The van der Waals surface area contributed by atoms with Gasteiger partial charge in [0.15, 0.2) is 0 Å². The third kappa shape index (κ3) is 3.83. The monoisotopic (exact) mass is 254 g/mol. The van der Waals surface area contributed by atoms with E-state index in [-0.39, 0.29) is 5.54 Å². The Labute approximate surface area is 115 Å². The molecule has 2 nitrogen and oxygen atoms in total. The molecular weight excluding hydrogens is 232 g/mol. The van der Waals surface area contributed by atoms with Crippen molar-refractivity contribution in [3.63, 3.8) is 0 Å². The maximum atomic E-state index is 6.05. The highest BCUT2D eigenvalue weighted by Gasteiger charge is 2.14. The predicted octanol–water partition coefficient (Wildman–Crippen LogP) is 3.53. The second-order valence-electron chi connectivity index (χ2n) is 5.76. The lowest BCUT2D eigenvalue weighted by Gasteiger charge is -2.28. The van der Waals surface area contributed by atoms with Crippen LogP contribution in [0.15, 0.2) is 54.6 Å². The molecule has 0 bridgehead atoms. The number of likely N-dealkylation sites (N-methyl/N-ethyl adjacent to an activating group) is 1. The average molecular weight is 254 g/mol. The largest absolute Gasteiger partial charge is 0.373 e. The van der Waals surface area contributed by atoms with E-state index < -0.39 is 0 Å². The summed E-state index contributed by atoms with van der Waals surface area (Å²) >= 11 is 0. The van der Waals surface area contributed by atoms with Crippen LogP contribution in [0.5, 0.6) is 0 Å². The Morgan fingerprint density at radius 2 is 1.42 bits per heavy atom. The minimum absolute atomic E-state index is 0.188. The normalized spacial score (nSPS) is 11.4. The van der Waals surface area contributed by atoms with Gasteiger partial charge in [0.25, 0.3) is 0 Å². The van der Waals surface area contributed by atoms with Gasteiger partial charge in [0.05, 0.1) is 0 Å². The van der Waals surface area contributed by atoms with Crippen LogP contribution in [0.1, 0.15) is 13.8 Å². The van der Waals surface area contributed by atoms with Gasteiger partial charge in [-0.05, 0) is 37.1 Å². The fourth-order valence-corrected chi connectivity index (χ4v) is 2.24. The van der Waals surface area contributed by atoms with E-state index in [0.717, 1.165) is 6.54 Å². The standard InChI is InChI=1S/C17H22N2/c1-17(2,18)13-19(3)16-11-9-15(10-12-16)14-7-5-4-6-8-14/h4-12H,13,18H2,1-3H3. The van der Waals surface area contributed by atoms with Gasteiger partial charge in [0.2, 0.25) is 0 Å². The first-order valence-electron chi connectivity index (χ1n) is 6.61. The molecule has 0 saturated heterocycles. The van der Waals surface area contributed by atoms with Gasteiger partial charge in [-0.2, -0.15) is 0 Å². The summed E-state index contributed by atoms with van der Waals surface area (Å²) in [6.07, 6.45) is 0. The molecule has 2 aromatic rings. The zero-order chi connectivity index (χ0) is 13.9. The van der Waals surface area contributed by atoms with Crippen LogP contribution in [-0.4, -0.2) is 19.1 Å². The molecule has 100 valence electrons. The smallest absolute Gasteiger partial charge is 0.0364 e. The van der Waals surface area contributed by atoms with Gasteiger partial charge < -0.3 is 10.6 Å². The summed E-state index contributed by atoms with van der Waals surface area (Å²) in [6, 6.07) is 19.0. The van der Waals surface area contributed by atoms with E-state index in [0.29, 0.717) is 0 Å². The van der Waals surface area contributed by atoms with Crippen LogP contribution >= 0.6 is 0 Å². The van der Waals surface area contributed by atoms with Crippen LogP contribution < -0.4 is 10.6 Å². The number of anilines is 1. The van der Waals surface area contributed by atoms with Crippen molar-refractivity contribution >= 4 is 5.69 Å². The van der Waals surface area contributed by atoms with Gasteiger partial charge in [0, 0.05) is 24.8 Å². The molecule has 2 N–H and O–H groups in total. The molecule has 2 aromatic carbocycles. The fourth-order valence-electron chi connectivity index (χ4n) is 2.24. The summed E-state index contributed by atoms with van der Waals surface area (Å²) in [7, 11) is 2.08. The molecule has 0 radical (unpaired) electrons. The van der Waals surface area contributed by atoms with Crippen LogP contribution in [0.2, 0.25) is 0 Å². The Morgan fingerprint density at radius 1 is 0.895 bits per heavy atom. The van der Waals surface area contributed by atoms with Crippen molar-refractivity contribution in [1.82, 2.24) is 0 Å². The predicted molar refractivity (Wildman–Crippen MR) is 83.4 cm³/mol. The molecule has 0 saturated carbocycles. The third-order valence-corrected chi connectivity index (χ3v) is 3.06. The molecule has 0 aromatic heterocycles. The van der Waals surface area contributed by atoms with Gasteiger partial charge in [0.1, 0.15) is 0 Å². The highest BCUT2D eigenvalue weighted by molar-refractivity contribution is 5.66. The lowest BCUT2D eigenvalue weighted by Crippen LogP contribution is -2.44. The van der Waals surface area contributed by atoms with Crippen LogP contribution in [0.4, 0.5) is 5.69 Å². The zero-order valence-electron chi connectivity index (χ0n) is 11.9. The van der Waals surface area contributed by atoms with Crippen molar-refractivity contribution in [3.8, 4) is 11.1 Å². The summed E-state index contributed by atoms with van der Waals surface area (Å²) in [5, 5.41) is 0. The third-order valence-electron chi connectivity index (χ3n) is 3.06. The maximum Gasteiger partial charge on any atom is 0.0364 e. The summed E-state index contributed by atoms with van der Waals surface area (Å²) in [5.74, 6) is 0. The van der Waals surface area contributed by atoms with Crippen molar-refractivity contribution in [2.75, 3.05) is 18.5 Å². The van der Waals surface area contributed by atoms with Crippen LogP contribution in [0, 0.1) is 0 Å². The second kappa shape index (κ2) is 5.45. The Bertz CT molecular complexity index is 509. The Hall–Kier alpha value is -1.80. The highest BCUT2D eigenvalue weighted by atomic mass is 15.1. The van der Waals surface area contributed by atoms with Crippen LogP contribution in [-0.2, 0) is 0 Å². The molecule has 2 rings (SSSR count). The Morgan fingerprint density at radius 3 is 1.95 bits per heavy atom. The van der Waals surface area contributed by atoms with E-state index in [9.17, 15) is 0 Å². The number of benzene rings is 2. The molecule has 0 amide bonds.